The lowest BCUT2D eigenvalue weighted by molar-refractivity contribution is 0.0933. The van der Waals surface area contributed by atoms with E-state index in [0.29, 0.717) is 21.9 Å². The highest BCUT2D eigenvalue weighted by atomic mass is 32.1. The number of anilines is 1. The summed E-state index contributed by atoms with van der Waals surface area (Å²) in [7, 11) is 1.76. The maximum atomic E-state index is 13.9. The van der Waals surface area contributed by atoms with Crippen molar-refractivity contribution in [3.05, 3.63) is 41.7 Å². The van der Waals surface area contributed by atoms with Crippen LogP contribution in [0.2, 0.25) is 0 Å². The van der Waals surface area contributed by atoms with E-state index in [1.165, 1.54) is 23.6 Å². The molecule has 1 amide bonds. The van der Waals surface area contributed by atoms with E-state index in [4.69, 9.17) is 0 Å². The largest absolute Gasteiger partial charge is 0.347 e. The zero-order valence-electron chi connectivity index (χ0n) is 14.1. The molecule has 1 unspecified atom stereocenters. The van der Waals surface area contributed by atoms with Crippen LogP contribution in [0.5, 0.6) is 0 Å². The summed E-state index contributed by atoms with van der Waals surface area (Å²) in [5.74, 6) is -1.42. The number of piperidine rings is 1. The van der Waals surface area contributed by atoms with Crippen molar-refractivity contribution in [1.82, 2.24) is 20.1 Å². The monoisotopic (exact) mass is 377 g/mol. The van der Waals surface area contributed by atoms with Gasteiger partial charge in [-0.2, -0.15) is 5.10 Å². The van der Waals surface area contributed by atoms with E-state index in [2.05, 4.69) is 15.4 Å². The lowest BCUT2D eigenvalue weighted by atomic mass is 10.1. The average molecular weight is 377 g/mol. The number of hydrogen-bond acceptors (Lipinski definition) is 5. The molecule has 3 heterocycles. The van der Waals surface area contributed by atoms with Crippen LogP contribution in [0.4, 0.5) is 13.9 Å². The minimum atomic E-state index is -0.652. The van der Waals surface area contributed by atoms with Crippen LogP contribution >= 0.6 is 11.3 Å². The van der Waals surface area contributed by atoms with E-state index in [9.17, 15) is 13.6 Å². The van der Waals surface area contributed by atoms with Gasteiger partial charge in [-0.1, -0.05) is 11.3 Å². The van der Waals surface area contributed by atoms with E-state index in [1.807, 2.05) is 4.90 Å². The molecule has 1 fully saturated rings. The first-order valence-corrected chi connectivity index (χ1v) is 9.11. The quantitative estimate of drug-likeness (QED) is 0.762. The predicted octanol–water partition coefficient (Wildman–Crippen LogP) is 2.71. The fraction of sp³-hybridized carbons (Fsp3) is 0.353. The Morgan fingerprint density at radius 2 is 2.23 bits per heavy atom. The molecule has 2 aromatic heterocycles. The van der Waals surface area contributed by atoms with Crippen molar-refractivity contribution >= 4 is 32.6 Å². The highest BCUT2D eigenvalue weighted by molar-refractivity contribution is 7.22. The molecule has 1 aromatic carbocycles. The lowest BCUT2D eigenvalue weighted by Gasteiger charge is -2.32. The molecule has 1 N–H and O–H groups in total. The van der Waals surface area contributed by atoms with Crippen LogP contribution in [0.25, 0.3) is 10.2 Å². The second kappa shape index (κ2) is 6.64. The summed E-state index contributed by atoms with van der Waals surface area (Å²) in [4.78, 5) is 18.6. The van der Waals surface area contributed by atoms with Gasteiger partial charge in [0.05, 0.1) is 16.5 Å². The van der Waals surface area contributed by atoms with Crippen LogP contribution in [-0.4, -0.2) is 39.8 Å². The summed E-state index contributed by atoms with van der Waals surface area (Å²) in [6, 6.07) is 2.11. The first-order chi connectivity index (χ1) is 12.5. The third kappa shape index (κ3) is 3.26. The minimum Gasteiger partial charge on any atom is -0.347 e. The standard InChI is InChI=1S/C17H17F2N5OS/c1-23-8-10(7-20-23)16(25)21-12-3-2-4-24(9-12)17-22-15-13(19)5-11(18)6-14(15)26-17/h5-8,12H,2-4,9H2,1H3,(H,21,25). The smallest absolute Gasteiger partial charge is 0.254 e. The van der Waals surface area contributed by atoms with Crippen molar-refractivity contribution in [2.45, 2.75) is 18.9 Å². The van der Waals surface area contributed by atoms with Crippen LogP contribution in [0, 0.1) is 11.6 Å². The van der Waals surface area contributed by atoms with Crippen molar-refractivity contribution in [3.8, 4) is 0 Å². The van der Waals surface area contributed by atoms with E-state index >= 15 is 0 Å². The summed E-state index contributed by atoms with van der Waals surface area (Å²) in [6.45, 7) is 1.35. The maximum absolute atomic E-state index is 13.9. The highest BCUT2D eigenvalue weighted by Gasteiger charge is 2.25. The number of aryl methyl sites for hydroxylation is 1. The number of hydrogen-bond donors (Lipinski definition) is 1. The van der Waals surface area contributed by atoms with Gasteiger partial charge in [0.25, 0.3) is 5.91 Å². The van der Waals surface area contributed by atoms with Gasteiger partial charge in [-0.3, -0.25) is 9.48 Å². The van der Waals surface area contributed by atoms with Gasteiger partial charge in [0, 0.05) is 38.4 Å². The molecule has 0 saturated carbocycles. The fourth-order valence-corrected chi connectivity index (χ4v) is 4.20. The van der Waals surface area contributed by atoms with E-state index in [0.717, 1.165) is 25.5 Å². The molecule has 1 aliphatic heterocycles. The van der Waals surface area contributed by atoms with E-state index in [-0.39, 0.29) is 17.5 Å². The van der Waals surface area contributed by atoms with Gasteiger partial charge in [-0.05, 0) is 18.9 Å². The van der Waals surface area contributed by atoms with Crippen molar-refractivity contribution in [2.75, 3.05) is 18.0 Å². The van der Waals surface area contributed by atoms with E-state index < -0.39 is 11.6 Å². The Morgan fingerprint density at radius 1 is 1.38 bits per heavy atom. The van der Waals surface area contributed by atoms with Crippen molar-refractivity contribution in [2.24, 2.45) is 7.05 Å². The van der Waals surface area contributed by atoms with Crippen molar-refractivity contribution in [1.29, 1.82) is 0 Å². The molecule has 3 aromatic rings. The van der Waals surface area contributed by atoms with Gasteiger partial charge >= 0.3 is 0 Å². The molecule has 0 bridgehead atoms. The number of carbonyl (C=O) groups excluding carboxylic acids is 1. The number of nitrogens with zero attached hydrogens (tertiary/aromatic N) is 4. The van der Waals surface area contributed by atoms with Gasteiger partial charge in [0.15, 0.2) is 10.9 Å². The van der Waals surface area contributed by atoms with Crippen LogP contribution in [0.1, 0.15) is 23.2 Å². The number of fused-ring (bicyclic) bond motifs is 1. The number of thiazole rings is 1. The maximum Gasteiger partial charge on any atom is 0.254 e. The van der Waals surface area contributed by atoms with Gasteiger partial charge < -0.3 is 10.2 Å². The summed E-state index contributed by atoms with van der Waals surface area (Å²) < 4.78 is 29.3. The molecule has 4 rings (SSSR count). The number of rotatable bonds is 3. The van der Waals surface area contributed by atoms with Crippen LogP contribution < -0.4 is 10.2 Å². The van der Waals surface area contributed by atoms with Gasteiger partial charge in [0.1, 0.15) is 11.3 Å². The Kier molecular flexibility index (Phi) is 4.31. The molecule has 1 saturated heterocycles. The first-order valence-electron chi connectivity index (χ1n) is 8.29. The normalized spacial score (nSPS) is 17.7. The first kappa shape index (κ1) is 16.9. The number of amides is 1. The Bertz CT molecular complexity index is 969. The number of benzene rings is 1. The van der Waals surface area contributed by atoms with E-state index in [1.54, 1.807) is 17.9 Å². The summed E-state index contributed by atoms with van der Waals surface area (Å²) in [5, 5.41) is 7.66. The zero-order valence-corrected chi connectivity index (χ0v) is 14.9. The molecule has 9 heteroatoms. The molecular formula is C17H17F2N5OS. The number of carbonyl (C=O) groups is 1. The van der Waals surface area contributed by atoms with Crippen molar-refractivity contribution < 1.29 is 13.6 Å². The second-order valence-corrected chi connectivity index (χ2v) is 7.40. The second-order valence-electron chi connectivity index (χ2n) is 6.39. The summed E-state index contributed by atoms with van der Waals surface area (Å²) in [5.41, 5.74) is 0.704. The molecule has 1 atom stereocenters. The average Bonchev–Trinajstić information content (AvgIpc) is 3.21. The Hall–Kier alpha value is -2.55. The molecule has 1 aliphatic rings. The number of nitrogens with one attached hydrogen (secondary N) is 1. The van der Waals surface area contributed by atoms with Crippen LogP contribution in [0.3, 0.4) is 0 Å². The number of halogens is 2. The van der Waals surface area contributed by atoms with Gasteiger partial charge in [-0.15, -0.1) is 0 Å². The molecule has 0 radical (unpaired) electrons. The van der Waals surface area contributed by atoms with Crippen molar-refractivity contribution in [3.63, 3.8) is 0 Å². The minimum absolute atomic E-state index is 0.0370. The summed E-state index contributed by atoms with van der Waals surface area (Å²) in [6.07, 6.45) is 4.93. The Labute approximate surface area is 152 Å². The predicted molar refractivity (Wildman–Crippen MR) is 95.4 cm³/mol. The van der Waals surface area contributed by atoms with Crippen LogP contribution in [-0.2, 0) is 7.05 Å². The zero-order chi connectivity index (χ0) is 18.3. The fourth-order valence-electron chi connectivity index (χ4n) is 3.16. The molecule has 136 valence electrons. The number of aromatic nitrogens is 3. The molecule has 6 nitrogen and oxygen atoms in total. The SMILES string of the molecule is Cn1cc(C(=O)NC2CCCN(c3nc4c(F)cc(F)cc4s3)C2)cn1. The third-order valence-corrected chi connectivity index (χ3v) is 5.46. The van der Waals surface area contributed by atoms with Gasteiger partial charge in [0.2, 0.25) is 0 Å². The molecule has 26 heavy (non-hydrogen) atoms. The lowest BCUT2D eigenvalue weighted by Crippen LogP contribution is -2.47. The van der Waals surface area contributed by atoms with Crippen LogP contribution in [0.15, 0.2) is 24.5 Å². The Morgan fingerprint density at radius 3 is 3.00 bits per heavy atom. The topological polar surface area (TPSA) is 63.1 Å². The highest BCUT2D eigenvalue weighted by Crippen LogP contribution is 2.32. The third-order valence-electron chi connectivity index (χ3n) is 4.40. The Balaban J connectivity index is 1.50. The molecular weight excluding hydrogens is 360 g/mol. The van der Waals surface area contributed by atoms with Gasteiger partial charge in [-0.25, -0.2) is 13.8 Å². The summed E-state index contributed by atoms with van der Waals surface area (Å²) >= 11 is 1.26. The molecule has 0 aliphatic carbocycles. The molecule has 0 spiro atoms.